The number of anilines is 1. The second kappa shape index (κ2) is 15.4. The van der Waals surface area contributed by atoms with Gasteiger partial charge in [-0.05, 0) is 55.9 Å². The van der Waals surface area contributed by atoms with Gasteiger partial charge in [0.1, 0.15) is 18.2 Å². The standard InChI is InChI=1S/C38H46BrN3O7/c1-6-9-15-30(44)48-22-28(25-13-11-10-12-14-25)40-35(45)31-32-36(46)42(26(8-3)21-43)34(38(32)20-27(39)33(31)49-38)37(47)41(18-7-2)29-19-23(4)16-17-24(29)5/h6-7,10-14,16-17,19,26-28,31-34,43H,1-2,8-9,15,18,20-22H2,3-5H3,(H,40,45)/t26-,27?,28+,31+,32-,33+,34+,38-/m0/s1. The van der Waals surface area contributed by atoms with E-state index in [1.807, 2.05) is 69.3 Å². The number of hydrogen-bond donors (Lipinski definition) is 2. The Morgan fingerprint density at radius 1 is 1.18 bits per heavy atom. The Balaban J connectivity index is 1.52. The number of aliphatic hydroxyl groups is 1. The maximum atomic E-state index is 14.9. The van der Waals surface area contributed by atoms with E-state index in [0.29, 0.717) is 24.9 Å². The average molecular weight is 737 g/mol. The first-order chi connectivity index (χ1) is 23.5. The number of fused-ring (bicyclic) bond motifs is 1. The Morgan fingerprint density at radius 2 is 1.92 bits per heavy atom. The number of rotatable bonds is 15. The minimum absolute atomic E-state index is 0.104. The summed E-state index contributed by atoms with van der Waals surface area (Å²) in [5.74, 6) is -3.52. The van der Waals surface area contributed by atoms with Gasteiger partial charge in [0.15, 0.2) is 0 Å². The van der Waals surface area contributed by atoms with Crippen LogP contribution in [0.15, 0.2) is 73.8 Å². The number of alkyl halides is 1. The van der Waals surface area contributed by atoms with E-state index < -0.39 is 59.5 Å². The maximum Gasteiger partial charge on any atom is 0.306 e. The summed E-state index contributed by atoms with van der Waals surface area (Å²) < 4.78 is 12.3. The molecule has 262 valence electrons. The second-order valence-electron chi connectivity index (χ2n) is 13.2. The first-order valence-electron chi connectivity index (χ1n) is 16.9. The molecule has 10 nitrogen and oxygen atoms in total. The van der Waals surface area contributed by atoms with Gasteiger partial charge in [-0.25, -0.2) is 0 Å². The highest BCUT2D eigenvalue weighted by Gasteiger charge is 2.77. The Hall–Kier alpha value is -3.80. The number of carbonyl (C=O) groups excluding carboxylic acids is 4. The van der Waals surface area contributed by atoms with Crippen molar-refractivity contribution in [2.24, 2.45) is 11.8 Å². The van der Waals surface area contributed by atoms with Crippen LogP contribution in [0.25, 0.3) is 0 Å². The van der Waals surface area contributed by atoms with Gasteiger partial charge in [0.2, 0.25) is 11.8 Å². The Kier molecular flexibility index (Phi) is 11.5. The Labute approximate surface area is 296 Å². The zero-order valence-electron chi connectivity index (χ0n) is 28.3. The number of hydrogen-bond acceptors (Lipinski definition) is 7. The molecule has 49 heavy (non-hydrogen) atoms. The van der Waals surface area contributed by atoms with E-state index >= 15 is 0 Å². The van der Waals surface area contributed by atoms with Gasteiger partial charge in [0.05, 0.1) is 36.6 Å². The smallest absolute Gasteiger partial charge is 0.306 e. The molecule has 0 saturated carbocycles. The number of benzene rings is 2. The van der Waals surface area contributed by atoms with Gasteiger partial charge in [-0.15, -0.1) is 13.2 Å². The summed E-state index contributed by atoms with van der Waals surface area (Å²) in [5, 5.41) is 13.5. The van der Waals surface area contributed by atoms with Crippen molar-refractivity contribution in [3.63, 3.8) is 0 Å². The van der Waals surface area contributed by atoms with Crippen LogP contribution in [-0.2, 0) is 28.7 Å². The normalized spacial score (nSPS) is 26.5. The van der Waals surface area contributed by atoms with Crippen LogP contribution >= 0.6 is 15.9 Å². The maximum absolute atomic E-state index is 14.9. The molecule has 3 saturated heterocycles. The Morgan fingerprint density at radius 3 is 2.57 bits per heavy atom. The lowest BCUT2D eigenvalue weighted by atomic mass is 9.70. The van der Waals surface area contributed by atoms with E-state index in [1.54, 1.807) is 17.1 Å². The number of carbonyl (C=O) groups is 4. The second-order valence-corrected chi connectivity index (χ2v) is 14.3. The molecule has 3 aliphatic rings. The van der Waals surface area contributed by atoms with Crippen molar-refractivity contribution in [2.45, 2.75) is 81.1 Å². The SMILES string of the molecule is C=CCCC(=O)OC[C@@H](NC(=O)[C@H]1[C@@H]2O[C@@]3(CC2Br)[C@@H]1C(=O)N([C@@H](CC)CO)[C@@H]3C(=O)N(CC=C)c1cc(C)ccc1C)c1ccccc1. The van der Waals surface area contributed by atoms with Crippen LogP contribution in [0.5, 0.6) is 0 Å². The largest absolute Gasteiger partial charge is 0.463 e. The number of ether oxygens (including phenoxy) is 2. The summed E-state index contributed by atoms with van der Waals surface area (Å²) in [5.41, 5.74) is 1.95. The molecule has 0 aromatic heterocycles. The molecule has 1 unspecified atom stereocenters. The number of nitrogens with one attached hydrogen (secondary N) is 1. The number of allylic oxidation sites excluding steroid dienone is 1. The third-order valence-corrected chi connectivity index (χ3v) is 10.9. The molecule has 8 atom stereocenters. The summed E-state index contributed by atoms with van der Waals surface area (Å²) in [7, 11) is 0. The van der Waals surface area contributed by atoms with E-state index in [0.717, 1.165) is 16.7 Å². The third-order valence-electron chi connectivity index (χ3n) is 10.1. The molecule has 2 bridgehead atoms. The average Bonchev–Trinajstić information content (AvgIpc) is 3.69. The zero-order chi connectivity index (χ0) is 35.5. The monoisotopic (exact) mass is 735 g/mol. The summed E-state index contributed by atoms with van der Waals surface area (Å²) in [4.78, 5) is 59.2. The topological polar surface area (TPSA) is 125 Å². The van der Waals surface area contributed by atoms with Crippen LogP contribution < -0.4 is 10.2 Å². The molecule has 0 aliphatic carbocycles. The third kappa shape index (κ3) is 6.85. The molecule has 3 aliphatic heterocycles. The first-order valence-corrected chi connectivity index (χ1v) is 17.8. The minimum atomic E-state index is -1.33. The minimum Gasteiger partial charge on any atom is -0.463 e. The predicted molar refractivity (Wildman–Crippen MR) is 190 cm³/mol. The highest BCUT2D eigenvalue weighted by molar-refractivity contribution is 9.09. The Bertz CT molecular complexity index is 1580. The quantitative estimate of drug-likeness (QED) is 0.154. The fourth-order valence-electron chi connectivity index (χ4n) is 7.69. The number of amides is 3. The molecule has 1 spiro atoms. The van der Waals surface area contributed by atoms with E-state index in [2.05, 4.69) is 34.4 Å². The molecular weight excluding hydrogens is 690 g/mol. The van der Waals surface area contributed by atoms with Gasteiger partial charge in [0.25, 0.3) is 5.91 Å². The highest BCUT2D eigenvalue weighted by Crippen LogP contribution is 2.60. The van der Waals surface area contributed by atoms with Crippen molar-refractivity contribution in [3.8, 4) is 0 Å². The lowest BCUT2D eigenvalue weighted by Gasteiger charge is -2.39. The van der Waals surface area contributed by atoms with Crippen molar-refractivity contribution in [1.82, 2.24) is 10.2 Å². The van der Waals surface area contributed by atoms with Crippen LogP contribution in [0.2, 0.25) is 0 Å². The number of aliphatic hydroxyl groups excluding tert-OH is 1. The molecule has 2 N–H and O–H groups in total. The number of esters is 1. The number of nitrogens with zero attached hydrogens (tertiary/aromatic N) is 2. The number of likely N-dealkylation sites (tertiary alicyclic amines) is 1. The zero-order valence-corrected chi connectivity index (χ0v) is 29.9. The summed E-state index contributed by atoms with van der Waals surface area (Å²) in [6.45, 7) is 13.0. The lowest BCUT2D eigenvalue weighted by Crippen LogP contribution is -2.59. The van der Waals surface area contributed by atoms with E-state index in [4.69, 9.17) is 9.47 Å². The molecule has 3 amide bonds. The first kappa shape index (κ1) is 36.5. The fourth-order valence-corrected chi connectivity index (χ4v) is 8.63. The number of aryl methyl sites for hydroxylation is 2. The van der Waals surface area contributed by atoms with Gasteiger partial charge >= 0.3 is 5.97 Å². The van der Waals surface area contributed by atoms with Gasteiger partial charge in [-0.3, -0.25) is 19.2 Å². The summed E-state index contributed by atoms with van der Waals surface area (Å²) in [6.07, 6.45) is 3.94. The van der Waals surface area contributed by atoms with Gasteiger partial charge in [0, 0.05) is 23.5 Å². The molecule has 2 aromatic rings. The van der Waals surface area contributed by atoms with Crippen molar-refractivity contribution in [3.05, 3.63) is 90.5 Å². The van der Waals surface area contributed by atoms with Crippen LogP contribution in [0.1, 0.15) is 55.3 Å². The van der Waals surface area contributed by atoms with E-state index in [-0.39, 0.29) is 36.9 Å². The van der Waals surface area contributed by atoms with Gasteiger partial charge in [-0.1, -0.05) is 77.5 Å². The fraction of sp³-hybridized carbons (Fsp3) is 0.474. The molecule has 2 aromatic carbocycles. The van der Waals surface area contributed by atoms with Crippen molar-refractivity contribution >= 4 is 45.3 Å². The molecular formula is C38H46BrN3O7. The molecule has 11 heteroatoms. The molecule has 0 radical (unpaired) electrons. The van der Waals surface area contributed by atoms with Crippen LogP contribution in [-0.4, -0.2) is 82.1 Å². The van der Waals surface area contributed by atoms with Gasteiger partial charge < -0.3 is 29.7 Å². The predicted octanol–water partition coefficient (Wildman–Crippen LogP) is 4.71. The van der Waals surface area contributed by atoms with Crippen LogP contribution in [0.3, 0.4) is 0 Å². The van der Waals surface area contributed by atoms with Crippen LogP contribution in [0.4, 0.5) is 5.69 Å². The van der Waals surface area contributed by atoms with E-state index in [1.165, 1.54) is 4.90 Å². The summed E-state index contributed by atoms with van der Waals surface area (Å²) >= 11 is 3.74. The summed E-state index contributed by atoms with van der Waals surface area (Å²) in [6, 6.07) is 12.6. The van der Waals surface area contributed by atoms with Crippen molar-refractivity contribution < 1.29 is 33.8 Å². The van der Waals surface area contributed by atoms with Crippen molar-refractivity contribution in [2.75, 3.05) is 24.7 Å². The molecule has 5 rings (SSSR count). The van der Waals surface area contributed by atoms with E-state index in [9.17, 15) is 24.3 Å². The van der Waals surface area contributed by atoms with Gasteiger partial charge in [-0.2, -0.15) is 0 Å². The lowest BCUT2D eigenvalue weighted by molar-refractivity contribution is -0.146. The highest BCUT2D eigenvalue weighted by atomic mass is 79.9. The van der Waals surface area contributed by atoms with Crippen LogP contribution in [0, 0.1) is 25.7 Å². The van der Waals surface area contributed by atoms with Crippen molar-refractivity contribution in [1.29, 1.82) is 0 Å². The molecule has 3 fully saturated rings. The molecule has 3 heterocycles. The number of halogens is 1.